The van der Waals surface area contributed by atoms with Crippen LogP contribution in [0, 0.1) is 11.8 Å². The van der Waals surface area contributed by atoms with Gasteiger partial charge in [0.1, 0.15) is 5.75 Å². The molecule has 0 spiro atoms. The zero-order chi connectivity index (χ0) is 18.8. The number of carbonyl (C=O) groups is 2. The van der Waals surface area contributed by atoms with Crippen LogP contribution in [0.3, 0.4) is 0 Å². The summed E-state index contributed by atoms with van der Waals surface area (Å²) in [7, 11) is 0. The van der Waals surface area contributed by atoms with E-state index in [9.17, 15) is 22.8 Å². The molecule has 0 aromatic heterocycles. The Hall–Kier alpha value is -2.45. The predicted molar refractivity (Wildman–Crippen MR) is 83.5 cm³/mol. The Kier molecular flexibility index (Phi) is 5.44. The summed E-state index contributed by atoms with van der Waals surface area (Å²) in [5.41, 5.74) is 0.378. The van der Waals surface area contributed by atoms with Gasteiger partial charge in [-0.1, -0.05) is 0 Å². The van der Waals surface area contributed by atoms with Crippen LogP contribution in [0.2, 0.25) is 0 Å². The van der Waals surface area contributed by atoms with Crippen molar-refractivity contribution < 1.29 is 32.6 Å². The van der Waals surface area contributed by atoms with Gasteiger partial charge in [-0.25, -0.2) is 4.79 Å². The maximum atomic E-state index is 12.9. The van der Waals surface area contributed by atoms with Crippen molar-refractivity contribution in [3.8, 4) is 5.75 Å². The molecule has 0 aliphatic carbocycles. The number of alkyl halides is 3. The Labute approximate surface area is 142 Å². The molecule has 1 fully saturated rings. The molecular weight excluding hydrogens is 341 g/mol. The Balaban J connectivity index is 2.02. The fourth-order valence-corrected chi connectivity index (χ4v) is 2.64. The summed E-state index contributed by atoms with van der Waals surface area (Å²) in [6.07, 6.45) is -4.69. The lowest BCUT2D eigenvalue weighted by atomic mass is 9.96. The molecule has 138 valence electrons. The molecule has 25 heavy (non-hydrogen) atoms. The molecule has 0 bridgehead atoms. The third-order valence-electron chi connectivity index (χ3n) is 3.82. The summed E-state index contributed by atoms with van der Waals surface area (Å²) >= 11 is 0. The van der Waals surface area contributed by atoms with Crippen LogP contribution >= 0.6 is 0 Å². The van der Waals surface area contributed by atoms with E-state index in [0.29, 0.717) is 11.4 Å². The number of urea groups is 1. The first-order chi connectivity index (χ1) is 11.6. The summed E-state index contributed by atoms with van der Waals surface area (Å²) in [5, 5.41) is 11.4. The van der Waals surface area contributed by atoms with Crippen molar-refractivity contribution in [3.63, 3.8) is 0 Å². The molecule has 1 saturated heterocycles. The fraction of sp³-hybridized carbons (Fsp3) is 0.500. The smallest absolute Gasteiger partial charge is 0.394 e. The molecule has 6 nitrogen and oxygen atoms in total. The number of nitrogens with zero attached hydrogens (tertiary/aromatic N) is 1. The lowest BCUT2D eigenvalue weighted by molar-refractivity contribution is -0.187. The zero-order valence-electron chi connectivity index (χ0n) is 13.7. The summed E-state index contributed by atoms with van der Waals surface area (Å²) in [6.45, 7) is 2.55. The number of carboxylic acid groups (broad SMARTS) is 1. The molecule has 2 N–H and O–H groups in total. The topological polar surface area (TPSA) is 78.9 Å². The molecule has 0 unspecified atom stereocenters. The van der Waals surface area contributed by atoms with Crippen molar-refractivity contribution in [2.75, 3.05) is 18.4 Å². The number of rotatable bonds is 4. The number of amides is 2. The Morgan fingerprint density at radius 2 is 1.84 bits per heavy atom. The van der Waals surface area contributed by atoms with E-state index in [4.69, 9.17) is 9.84 Å². The van der Waals surface area contributed by atoms with Crippen LogP contribution in [0.1, 0.15) is 13.8 Å². The van der Waals surface area contributed by atoms with Crippen molar-refractivity contribution in [1.29, 1.82) is 0 Å². The fourth-order valence-electron chi connectivity index (χ4n) is 2.64. The number of ether oxygens (including phenoxy) is 1. The summed E-state index contributed by atoms with van der Waals surface area (Å²) in [6, 6.07) is 5.59. The van der Waals surface area contributed by atoms with Gasteiger partial charge in [0.2, 0.25) is 0 Å². The van der Waals surface area contributed by atoms with Crippen LogP contribution < -0.4 is 10.1 Å². The average molecular weight is 360 g/mol. The highest BCUT2D eigenvalue weighted by molar-refractivity contribution is 5.90. The van der Waals surface area contributed by atoms with E-state index in [1.54, 1.807) is 24.3 Å². The Bertz CT molecular complexity index is 631. The highest BCUT2D eigenvalue weighted by Crippen LogP contribution is 2.37. The number of hydrogen-bond donors (Lipinski definition) is 2. The van der Waals surface area contributed by atoms with Gasteiger partial charge in [0, 0.05) is 18.8 Å². The van der Waals surface area contributed by atoms with Crippen molar-refractivity contribution in [2.45, 2.75) is 26.1 Å². The van der Waals surface area contributed by atoms with Crippen LogP contribution in [-0.4, -0.2) is 47.4 Å². The largest absolute Gasteiger partial charge is 0.491 e. The standard InChI is InChI=1S/C16H19F3N2O4/c1-9(2)25-11-5-3-10(4-6-11)20-15(24)21-7-12(14(22)23)13(8-21)16(17,18)19/h3-6,9,12-13H,7-8H2,1-2H3,(H,20,24)(H,22,23)/t12-,13-/m1/s1. The number of anilines is 1. The van der Waals surface area contributed by atoms with Gasteiger partial charge in [-0.3, -0.25) is 4.79 Å². The van der Waals surface area contributed by atoms with E-state index < -0.39 is 43.1 Å². The van der Waals surface area contributed by atoms with E-state index in [1.165, 1.54) is 0 Å². The Morgan fingerprint density at radius 1 is 1.24 bits per heavy atom. The average Bonchev–Trinajstić information content (AvgIpc) is 2.94. The monoisotopic (exact) mass is 360 g/mol. The lowest BCUT2D eigenvalue weighted by Crippen LogP contribution is -2.35. The lowest BCUT2D eigenvalue weighted by Gasteiger charge is -2.19. The van der Waals surface area contributed by atoms with E-state index >= 15 is 0 Å². The molecule has 0 saturated carbocycles. The second kappa shape index (κ2) is 7.20. The normalized spacial score (nSPS) is 20.6. The van der Waals surface area contributed by atoms with Gasteiger partial charge in [-0.05, 0) is 38.1 Å². The first kappa shape index (κ1) is 18.9. The molecule has 9 heteroatoms. The van der Waals surface area contributed by atoms with Gasteiger partial charge < -0.3 is 20.1 Å². The summed E-state index contributed by atoms with van der Waals surface area (Å²) in [5.74, 6) is -4.70. The van der Waals surface area contributed by atoms with E-state index in [-0.39, 0.29) is 6.10 Å². The molecule has 1 aliphatic rings. The van der Waals surface area contributed by atoms with Gasteiger partial charge in [-0.2, -0.15) is 13.2 Å². The van der Waals surface area contributed by atoms with Crippen molar-refractivity contribution in [2.24, 2.45) is 11.8 Å². The number of carboxylic acids is 1. The Morgan fingerprint density at radius 3 is 2.28 bits per heavy atom. The highest BCUT2D eigenvalue weighted by atomic mass is 19.4. The SMILES string of the molecule is CC(C)Oc1ccc(NC(=O)N2C[C@@H](C(F)(F)F)[C@H](C(=O)O)C2)cc1. The molecule has 2 rings (SSSR count). The molecule has 1 aromatic carbocycles. The summed E-state index contributed by atoms with van der Waals surface area (Å²) < 4.78 is 44.3. The quantitative estimate of drug-likeness (QED) is 0.864. The van der Waals surface area contributed by atoms with Crippen molar-refractivity contribution in [1.82, 2.24) is 4.90 Å². The molecule has 1 aromatic rings. The minimum atomic E-state index is -4.67. The van der Waals surface area contributed by atoms with Gasteiger partial charge in [0.15, 0.2) is 0 Å². The van der Waals surface area contributed by atoms with Crippen LogP contribution in [0.5, 0.6) is 5.75 Å². The summed E-state index contributed by atoms with van der Waals surface area (Å²) in [4.78, 5) is 24.1. The molecule has 2 atom stereocenters. The minimum Gasteiger partial charge on any atom is -0.491 e. The number of benzene rings is 1. The maximum Gasteiger partial charge on any atom is 0.394 e. The minimum absolute atomic E-state index is 0.0164. The third-order valence-corrected chi connectivity index (χ3v) is 3.82. The van der Waals surface area contributed by atoms with E-state index in [2.05, 4.69) is 5.32 Å². The molecule has 2 amide bonds. The predicted octanol–water partition coefficient (Wildman–Crippen LogP) is 3.20. The van der Waals surface area contributed by atoms with E-state index in [0.717, 1.165) is 4.90 Å². The van der Waals surface area contributed by atoms with Crippen molar-refractivity contribution in [3.05, 3.63) is 24.3 Å². The number of hydrogen-bond acceptors (Lipinski definition) is 3. The van der Waals surface area contributed by atoms with Crippen LogP contribution in [0.4, 0.5) is 23.7 Å². The first-order valence-corrected chi connectivity index (χ1v) is 7.70. The second-order valence-corrected chi connectivity index (χ2v) is 6.12. The van der Waals surface area contributed by atoms with Gasteiger partial charge >= 0.3 is 18.2 Å². The first-order valence-electron chi connectivity index (χ1n) is 7.70. The van der Waals surface area contributed by atoms with Gasteiger partial charge in [-0.15, -0.1) is 0 Å². The number of carbonyl (C=O) groups excluding carboxylic acids is 1. The van der Waals surface area contributed by atoms with Gasteiger partial charge in [0.05, 0.1) is 17.9 Å². The third kappa shape index (κ3) is 4.77. The van der Waals surface area contributed by atoms with Crippen LogP contribution in [0.15, 0.2) is 24.3 Å². The molecular formula is C16H19F3N2O4. The number of aliphatic carboxylic acids is 1. The molecule has 1 aliphatic heterocycles. The van der Waals surface area contributed by atoms with Crippen molar-refractivity contribution >= 4 is 17.7 Å². The number of nitrogens with one attached hydrogen (secondary N) is 1. The van der Waals surface area contributed by atoms with Gasteiger partial charge in [0.25, 0.3) is 0 Å². The number of halogens is 3. The molecule has 1 heterocycles. The number of likely N-dealkylation sites (tertiary alicyclic amines) is 1. The molecule has 0 radical (unpaired) electrons. The van der Waals surface area contributed by atoms with Crippen LogP contribution in [0.25, 0.3) is 0 Å². The highest BCUT2D eigenvalue weighted by Gasteiger charge is 2.53. The maximum absolute atomic E-state index is 12.9. The van der Waals surface area contributed by atoms with Crippen LogP contribution in [-0.2, 0) is 4.79 Å². The zero-order valence-corrected chi connectivity index (χ0v) is 13.7. The second-order valence-electron chi connectivity index (χ2n) is 6.12. The van der Waals surface area contributed by atoms with E-state index in [1.807, 2.05) is 13.8 Å².